The van der Waals surface area contributed by atoms with E-state index in [4.69, 9.17) is 4.74 Å². The highest BCUT2D eigenvalue weighted by molar-refractivity contribution is 5.79. The van der Waals surface area contributed by atoms with E-state index in [1.54, 1.807) is 11.1 Å². The van der Waals surface area contributed by atoms with E-state index >= 15 is 0 Å². The maximum absolute atomic E-state index is 12.3. The van der Waals surface area contributed by atoms with E-state index < -0.39 is 0 Å². The van der Waals surface area contributed by atoms with E-state index in [0.29, 0.717) is 19.8 Å². The summed E-state index contributed by atoms with van der Waals surface area (Å²) in [5.41, 5.74) is 1.01. The Morgan fingerprint density at radius 2 is 2.37 bits per heavy atom. The minimum absolute atomic E-state index is 0.0706. The van der Waals surface area contributed by atoms with Crippen LogP contribution in [0.4, 0.5) is 0 Å². The van der Waals surface area contributed by atoms with Gasteiger partial charge in [-0.2, -0.15) is 0 Å². The molecule has 104 valence electrons. The Hall–Kier alpha value is -1.46. The van der Waals surface area contributed by atoms with Crippen molar-refractivity contribution in [1.82, 2.24) is 15.2 Å². The van der Waals surface area contributed by atoms with Crippen LogP contribution in [0.15, 0.2) is 24.4 Å². The molecule has 1 aliphatic heterocycles. The standard InChI is InChI=1S/C14H21N3O2/c1-15-13-10-19-9-12(13)14(18)17(2)8-6-11-5-3-4-7-16-11/h3-5,7,12-13,15H,6,8-10H2,1-2H3. The van der Waals surface area contributed by atoms with Gasteiger partial charge in [-0.3, -0.25) is 9.78 Å². The summed E-state index contributed by atoms with van der Waals surface area (Å²) in [6, 6.07) is 5.97. The van der Waals surface area contributed by atoms with Gasteiger partial charge >= 0.3 is 0 Å². The summed E-state index contributed by atoms with van der Waals surface area (Å²) < 4.78 is 5.37. The van der Waals surface area contributed by atoms with E-state index in [1.807, 2.05) is 32.3 Å². The second-order valence-corrected chi connectivity index (χ2v) is 4.87. The summed E-state index contributed by atoms with van der Waals surface area (Å²) in [4.78, 5) is 18.4. The number of rotatable bonds is 5. The number of likely N-dealkylation sites (N-methyl/N-ethyl adjacent to an activating group) is 2. The third kappa shape index (κ3) is 3.52. The highest BCUT2D eigenvalue weighted by atomic mass is 16.5. The number of carbonyl (C=O) groups is 1. The van der Waals surface area contributed by atoms with Crippen molar-refractivity contribution in [3.8, 4) is 0 Å². The SMILES string of the molecule is CNC1COCC1C(=O)N(C)CCc1ccccn1. The first-order chi connectivity index (χ1) is 9.22. The Morgan fingerprint density at radius 1 is 1.53 bits per heavy atom. The van der Waals surface area contributed by atoms with Gasteiger partial charge in [0.25, 0.3) is 0 Å². The summed E-state index contributed by atoms with van der Waals surface area (Å²) in [6.45, 7) is 1.81. The van der Waals surface area contributed by atoms with Crippen LogP contribution in [0.25, 0.3) is 0 Å². The zero-order chi connectivity index (χ0) is 13.7. The molecule has 1 N–H and O–H groups in total. The van der Waals surface area contributed by atoms with Gasteiger partial charge in [-0.15, -0.1) is 0 Å². The van der Waals surface area contributed by atoms with E-state index in [9.17, 15) is 4.79 Å². The van der Waals surface area contributed by atoms with Gasteiger partial charge in [0.1, 0.15) is 0 Å². The number of pyridine rings is 1. The molecule has 1 aromatic heterocycles. The van der Waals surface area contributed by atoms with Gasteiger partial charge in [0.2, 0.25) is 5.91 Å². The lowest BCUT2D eigenvalue weighted by molar-refractivity contribution is -0.134. The predicted octanol–water partition coefficient (Wildman–Crippen LogP) is 0.317. The topological polar surface area (TPSA) is 54.5 Å². The van der Waals surface area contributed by atoms with Crippen molar-refractivity contribution in [2.45, 2.75) is 12.5 Å². The van der Waals surface area contributed by atoms with Crippen LogP contribution in [-0.4, -0.2) is 55.7 Å². The average molecular weight is 263 g/mol. The number of aromatic nitrogens is 1. The zero-order valence-corrected chi connectivity index (χ0v) is 11.5. The van der Waals surface area contributed by atoms with Crippen LogP contribution in [0.3, 0.4) is 0 Å². The van der Waals surface area contributed by atoms with Crippen molar-refractivity contribution in [2.24, 2.45) is 5.92 Å². The van der Waals surface area contributed by atoms with Crippen LogP contribution in [0.2, 0.25) is 0 Å². The predicted molar refractivity (Wildman–Crippen MR) is 72.7 cm³/mol. The number of amides is 1. The van der Waals surface area contributed by atoms with Crippen molar-refractivity contribution in [3.05, 3.63) is 30.1 Å². The van der Waals surface area contributed by atoms with Crippen molar-refractivity contribution in [1.29, 1.82) is 0 Å². The van der Waals surface area contributed by atoms with Gasteiger partial charge in [0, 0.05) is 37.9 Å². The zero-order valence-electron chi connectivity index (χ0n) is 11.5. The fourth-order valence-electron chi connectivity index (χ4n) is 2.30. The number of hydrogen-bond donors (Lipinski definition) is 1. The molecule has 1 fully saturated rings. The molecular formula is C14H21N3O2. The van der Waals surface area contributed by atoms with Crippen LogP contribution in [0.1, 0.15) is 5.69 Å². The second-order valence-electron chi connectivity index (χ2n) is 4.87. The Labute approximate surface area is 114 Å². The van der Waals surface area contributed by atoms with Crippen LogP contribution < -0.4 is 5.32 Å². The summed E-state index contributed by atoms with van der Waals surface area (Å²) >= 11 is 0. The third-order valence-electron chi connectivity index (χ3n) is 3.57. The minimum atomic E-state index is -0.0706. The minimum Gasteiger partial charge on any atom is -0.379 e. The smallest absolute Gasteiger partial charge is 0.229 e. The molecule has 0 aromatic carbocycles. The number of hydrogen-bond acceptors (Lipinski definition) is 4. The van der Waals surface area contributed by atoms with Crippen LogP contribution in [0.5, 0.6) is 0 Å². The molecule has 2 unspecified atom stereocenters. The Kier molecular flexibility index (Phi) is 4.87. The first kappa shape index (κ1) is 14.0. The largest absolute Gasteiger partial charge is 0.379 e. The molecule has 0 bridgehead atoms. The summed E-state index contributed by atoms with van der Waals surface area (Å²) in [5.74, 6) is 0.0755. The van der Waals surface area contributed by atoms with Gasteiger partial charge < -0.3 is 15.0 Å². The van der Waals surface area contributed by atoms with Crippen molar-refractivity contribution >= 4 is 5.91 Å². The first-order valence-electron chi connectivity index (χ1n) is 6.62. The molecule has 2 rings (SSSR count). The average Bonchev–Trinajstić information content (AvgIpc) is 2.93. The van der Waals surface area contributed by atoms with Gasteiger partial charge in [-0.1, -0.05) is 6.07 Å². The lowest BCUT2D eigenvalue weighted by Gasteiger charge is -2.23. The molecule has 1 aliphatic rings. The Morgan fingerprint density at radius 3 is 3.05 bits per heavy atom. The molecular weight excluding hydrogens is 242 g/mol. The van der Waals surface area contributed by atoms with Crippen LogP contribution in [-0.2, 0) is 16.0 Å². The molecule has 0 radical (unpaired) electrons. The molecule has 2 heterocycles. The highest BCUT2D eigenvalue weighted by Crippen LogP contribution is 2.16. The molecule has 0 saturated carbocycles. The molecule has 1 saturated heterocycles. The van der Waals surface area contributed by atoms with Gasteiger partial charge in [0.05, 0.1) is 19.1 Å². The Balaban J connectivity index is 1.85. The van der Waals surface area contributed by atoms with E-state index in [-0.39, 0.29) is 17.9 Å². The molecule has 5 heteroatoms. The molecule has 5 nitrogen and oxygen atoms in total. The maximum Gasteiger partial charge on any atom is 0.229 e. The lowest BCUT2D eigenvalue weighted by atomic mass is 10.0. The quantitative estimate of drug-likeness (QED) is 0.831. The number of ether oxygens (including phenoxy) is 1. The first-order valence-corrected chi connectivity index (χ1v) is 6.62. The summed E-state index contributed by atoms with van der Waals surface area (Å²) in [6.07, 6.45) is 2.56. The number of nitrogens with zero attached hydrogens (tertiary/aromatic N) is 2. The van der Waals surface area contributed by atoms with E-state index in [0.717, 1.165) is 12.1 Å². The van der Waals surface area contributed by atoms with Crippen molar-refractivity contribution in [3.63, 3.8) is 0 Å². The molecule has 0 spiro atoms. The molecule has 19 heavy (non-hydrogen) atoms. The van der Waals surface area contributed by atoms with Gasteiger partial charge in [-0.25, -0.2) is 0 Å². The fraction of sp³-hybridized carbons (Fsp3) is 0.571. The van der Waals surface area contributed by atoms with Crippen LogP contribution in [0, 0.1) is 5.92 Å². The number of carbonyl (C=O) groups excluding carboxylic acids is 1. The van der Waals surface area contributed by atoms with Gasteiger partial charge in [-0.05, 0) is 19.2 Å². The van der Waals surface area contributed by atoms with Crippen molar-refractivity contribution < 1.29 is 9.53 Å². The molecule has 0 aliphatic carbocycles. The molecule has 1 aromatic rings. The summed E-state index contributed by atoms with van der Waals surface area (Å²) in [7, 11) is 3.71. The highest BCUT2D eigenvalue weighted by Gasteiger charge is 2.34. The maximum atomic E-state index is 12.3. The summed E-state index contributed by atoms with van der Waals surface area (Å²) in [5, 5.41) is 3.14. The van der Waals surface area contributed by atoms with E-state index in [2.05, 4.69) is 10.3 Å². The third-order valence-corrected chi connectivity index (χ3v) is 3.57. The Bertz CT molecular complexity index is 410. The fourth-order valence-corrected chi connectivity index (χ4v) is 2.30. The number of nitrogens with one attached hydrogen (secondary N) is 1. The monoisotopic (exact) mass is 263 g/mol. The normalized spacial score (nSPS) is 22.4. The van der Waals surface area contributed by atoms with Crippen molar-refractivity contribution in [2.75, 3.05) is 33.9 Å². The van der Waals surface area contributed by atoms with E-state index in [1.165, 1.54) is 0 Å². The molecule has 1 amide bonds. The lowest BCUT2D eigenvalue weighted by Crippen LogP contribution is -2.43. The van der Waals surface area contributed by atoms with Gasteiger partial charge in [0.15, 0.2) is 0 Å². The molecule has 2 atom stereocenters. The second kappa shape index (κ2) is 6.63. The van der Waals surface area contributed by atoms with Crippen LogP contribution >= 0.6 is 0 Å².